The molecule has 23 heavy (non-hydrogen) atoms. The summed E-state index contributed by atoms with van der Waals surface area (Å²) >= 11 is 3.41. The fourth-order valence-electron chi connectivity index (χ4n) is 4.83. The smallest absolute Gasteiger partial charge is 0.327 e. The molecule has 3 aliphatic rings. The molecule has 0 aromatic heterocycles. The lowest BCUT2D eigenvalue weighted by Crippen LogP contribution is -2.51. The summed E-state index contributed by atoms with van der Waals surface area (Å²) in [6.45, 7) is 0. The number of halogens is 1. The molecule has 0 heterocycles. The maximum absolute atomic E-state index is 12.6. The number of ketones is 1. The second-order valence-electron chi connectivity index (χ2n) is 6.40. The van der Waals surface area contributed by atoms with Gasteiger partial charge in [0.1, 0.15) is 0 Å². The summed E-state index contributed by atoms with van der Waals surface area (Å²) in [5.74, 6) is -1.45. The molecule has 0 aromatic rings. The zero-order chi connectivity index (χ0) is 16.8. The minimum atomic E-state index is -1.50. The Labute approximate surface area is 143 Å². The summed E-state index contributed by atoms with van der Waals surface area (Å²) < 4.78 is 9.90. The van der Waals surface area contributed by atoms with Gasteiger partial charge in [-0.2, -0.15) is 0 Å². The van der Waals surface area contributed by atoms with Crippen LogP contribution in [0.2, 0.25) is 0 Å². The highest BCUT2D eigenvalue weighted by Crippen LogP contribution is 2.67. The van der Waals surface area contributed by atoms with Gasteiger partial charge in [0.25, 0.3) is 0 Å². The minimum Gasteiger partial charge on any atom is -0.468 e. The highest BCUT2D eigenvalue weighted by atomic mass is 79.9. The van der Waals surface area contributed by atoms with Crippen LogP contribution in [0.3, 0.4) is 0 Å². The molecule has 2 saturated carbocycles. The van der Waals surface area contributed by atoms with Crippen LogP contribution in [0.25, 0.3) is 0 Å². The molecule has 124 valence electrons. The van der Waals surface area contributed by atoms with Crippen molar-refractivity contribution in [3.63, 3.8) is 0 Å². The molecule has 0 aromatic carbocycles. The van der Waals surface area contributed by atoms with Crippen LogP contribution in [0.5, 0.6) is 0 Å². The Morgan fingerprint density at radius 3 is 2.48 bits per heavy atom. The van der Waals surface area contributed by atoms with Crippen LogP contribution < -0.4 is 0 Å². The summed E-state index contributed by atoms with van der Waals surface area (Å²) in [5, 5.41) is 0. The van der Waals surface area contributed by atoms with Gasteiger partial charge in [-0.25, -0.2) is 0 Å². The van der Waals surface area contributed by atoms with Gasteiger partial charge in [0.15, 0.2) is 11.2 Å². The Balaban J connectivity index is 2.26. The van der Waals surface area contributed by atoms with Gasteiger partial charge in [-0.05, 0) is 42.3 Å². The summed E-state index contributed by atoms with van der Waals surface area (Å²) in [5.41, 5.74) is -0.382. The summed E-state index contributed by atoms with van der Waals surface area (Å²) in [6, 6.07) is 0. The molecule has 0 radical (unpaired) electrons. The van der Waals surface area contributed by atoms with Crippen molar-refractivity contribution in [2.24, 2.45) is 16.7 Å². The normalized spacial score (nSPS) is 33.0. The van der Waals surface area contributed by atoms with E-state index < -0.39 is 22.8 Å². The van der Waals surface area contributed by atoms with Gasteiger partial charge >= 0.3 is 11.9 Å². The molecular weight excluding hydrogens is 364 g/mol. The van der Waals surface area contributed by atoms with Gasteiger partial charge in [-0.15, -0.1) is 0 Å². The molecule has 0 unspecified atom stereocenters. The highest BCUT2D eigenvalue weighted by molar-refractivity contribution is 9.11. The van der Waals surface area contributed by atoms with E-state index in [9.17, 15) is 14.4 Å². The second kappa shape index (κ2) is 5.58. The Morgan fingerprint density at radius 2 is 1.91 bits per heavy atom. The first-order valence-corrected chi connectivity index (χ1v) is 8.63. The molecule has 0 bridgehead atoms. The van der Waals surface area contributed by atoms with Crippen molar-refractivity contribution in [2.45, 2.75) is 32.1 Å². The molecule has 5 nitrogen and oxygen atoms in total. The fraction of sp³-hybridized carbons (Fsp3) is 0.588. The average Bonchev–Trinajstić information content (AvgIpc) is 3.11. The van der Waals surface area contributed by atoms with Gasteiger partial charge in [0, 0.05) is 11.3 Å². The standard InChI is InChI=1S/C17H19BrO5/c1-22-14(20)17(15(21)23-2)7-5-10(9-18)16-6-3-4-11(16)12(19)8-13(16)17/h8-9,11H,3-7H2,1-2H3/b10-9-/t11-,16+/m0/s1. The van der Waals surface area contributed by atoms with E-state index >= 15 is 0 Å². The van der Waals surface area contributed by atoms with Crippen molar-refractivity contribution in [3.05, 3.63) is 22.2 Å². The molecule has 6 heteroatoms. The molecule has 2 fully saturated rings. The summed E-state index contributed by atoms with van der Waals surface area (Å²) in [4.78, 5) is 39.6. The Bertz CT molecular complexity index is 631. The average molecular weight is 383 g/mol. The van der Waals surface area contributed by atoms with E-state index in [2.05, 4.69) is 15.9 Å². The number of ether oxygens (including phenoxy) is 2. The molecule has 2 atom stereocenters. The SMILES string of the molecule is COC(=O)C1(C(=O)OC)CC/C(=C/Br)[C@]23CCC[C@H]2C(=O)C=C13. The third-order valence-corrected chi connectivity index (χ3v) is 6.32. The number of carbonyl (C=O) groups is 3. The lowest BCUT2D eigenvalue weighted by Gasteiger charge is -2.46. The van der Waals surface area contributed by atoms with Gasteiger partial charge in [0.2, 0.25) is 0 Å². The largest absolute Gasteiger partial charge is 0.468 e. The first-order valence-electron chi connectivity index (χ1n) is 7.72. The number of esters is 2. The van der Waals surface area contributed by atoms with Gasteiger partial charge in [-0.3, -0.25) is 14.4 Å². The van der Waals surface area contributed by atoms with E-state index in [1.165, 1.54) is 20.3 Å². The van der Waals surface area contributed by atoms with Gasteiger partial charge < -0.3 is 9.47 Å². The van der Waals surface area contributed by atoms with E-state index in [-0.39, 0.29) is 18.1 Å². The molecular formula is C17H19BrO5. The molecule has 0 N–H and O–H groups in total. The third-order valence-electron chi connectivity index (χ3n) is 5.77. The summed E-state index contributed by atoms with van der Waals surface area (Å²) in [6.07, 6.45) is 4.77. The number of rotatable bonds is 2. The molecule has 0 aliphatic heterocycles. The van der Waals surface area contributed by atoms with Crippen LogP contribution in [0, 0.1) is 16.7 Å². The van der Waals surface area contributed by atoms with Crippen molar-refractivity contribution in [2.75, 3.05) is 14.2 Å². The highest BCUT2D eigenvalue weighted by Gasteiger charge is 2.67. The van der Waals surface area contributed by atoms with Crippen LogP contribution in [-0.4, -0.2) is 31.9 Å². The van der Waals surface area contributed by atoms with Crippen molar-refractivity contribution in [1.29, 1.82) is 0 Å². The zero-order valence-electron chi connectivity index (χ0n) is 13.2. The Kier molecular flexibility index (Phi) is 3.99. The quantitative estimate of drug-likeness (QED) is 0.542. The molecule has 0 saturated heterocycles. The van der Waals surface area contributed by atoms with Crippen molar-refractivity contribution >= 4 is 33.7 Å². The number of hydrogen-bond acceptors (Lipinski definition) is 5. The van der Waals surface area contributed by atoms with Crippen LogP contribution in [0.4, 0.5) is 0 Å². The van der Waals surface area contributed by atoms with Gasteiger partial charge in [-0.1, -0.05) is 27.9 Å². The first kappa shape index (κ1) is 16.4. The molecule has 1 spiro atoms. The second-order valence-corrected chi connectivity index (χ2v) is 6.86. The minimum absolute atomic E-state index is 0.00318. The number of hydrogen-bond donors (Lipinski definition) is 0. The van der Waals surface area contributed by atoms with E-state index in [4.69, 9.17) is 9.47 Å². The van der Waals surface area contributed by atoms with Crippen molar-refractivity contribution in [1.82, 2.24) is 0 Å². The van der Waals surface area contributed by atoms with Crippen LogP contribution >= 0.6 is 15.9 Å². The van der Waals surface area contributed by atoms with E-state index in [0.717, 1.165) is 24.8 Å². The van der Waals surface area contributed by atoms with E-state index in [0.29, 0.717) is 12.0 Å². The summed E-state index contributed by atoms with van der Waals surface area (Å²) in [7, 11) is 2.53. The van der Waals surface area contributed by atoms with Crippen molar-refractivity contribution in [3.8, 4) is 0 Å². The lowest BCUT2D eigenvalue weighted by molar-refractivity contribution is -0.168. The van der Waals surface area contributed by atoms with E-state index in [1.54, 1.807) is 0 Å². The van der Waals surface area contributed by atoms with Crippen LogP contribution in [-0.2, 0) is 23.9 Å². The molecule has 3 aliphatic carbocycles. The maximum Gasteiger partial charge on any atom is 0.327 e. The molecule has 3 rings (SSSR count). The monoisotopic (exact) mass is 382 g/mol. The maximum atomic E-state index is 12.6. The predicted octanol–water partition coefficient (Wildman–Crippen LogP) is 2.69. The van der Waals surface area contributed by atoms with Crippen LogP contribution in [0.15, 0.2) is 22.2 Å². The van der Waals surface area contributed by atoms with Crippen LogP contribution in [0.1, 0.15) is 32.1 Å². The number of methoxy groups -OCH3 is 2. The predicted molar refractivity (Wildman–Crippen MR) is 85.6 cm³/mol. The Hall–Kier alpha value is -1.43. The molecule has 0 amide bonds. The topological polar surface area (TPSA) is 69.7 Å². The number of carbonyl (C=O) groups excluding carboxylic acids is 3. The number of allylic oxidation sites excluding steroid dienone is 2. The van der Waals surface area contributed by atoms with Crippen molar-refractivity contribution < 1.29 is 23.9 Å². The zero-order valence-corrected chi connectivity index (χ0v) is 14.8. The fourth-order valence-corrected chi connectivity index (χ4v) is 5.47. The Morgan fingerprint density at radius 1 is 1.26 bits per heavy atom. The first-order chi connectivity index (χ1) is 11.0. The third kappa shape index (κ3) is 1.87. The lowest BCUT2D eigenvalue weighted by atomic mass is 9.55. The van der Waals surface area contributed by atoms with Gasteiger partial charge in [0.05, 0.1) is 14.2 Å². The van der Waals surface area contributed by atoms with E-state index in [1.807, 2.05) is 4.99 Å².